The van der Waals surface area contributed by atoms with Crippen molar-refractivity contribution in [1.29, 1.82) is 0 Å². The van der Waals surface area contributed by atoms with Crippen LogP contribution in [0.4, 0.5) is 0 Å². The smallest absolute Gasteiger partial charge is 0.148 e. The normalized spacial score (nSPS) is 24.3. The molecule has 1 unspecified atom stereocenters. The summed E-state index contributed by atoms with van der Waals surface area (Å²) in [5.41, 5.74) is 0. The zero-order valence-electron chi connectivity index (χ0n) is 8.99. The van der Waals surface area contributed by atoms with E-state index in [4.69, 9.17) is 0 Å². The Hall–Kier alpha value is -0.130. The summed E-state index contributed by atoms with van der Waals surface area (Å²) in [5.74, 6) is 0.985. The van der Waals surface area contributed by atoms with Crippen molar-refractivity contribution in [2.45, 2.75) is 6.42 Å². The Morgan fingerprint density at radius 1 is 1.50 bits per heavy atom. The lowest BCUT2D eigenvalue weighted by atomic mass is 10.1. The van der Waals surface area contributed by atoms with E-state index in [-0.39, 0.29) is 0 Å². The molecule has 1 heterocycles. The first-order chi connectivity index (χ1) is 6.51. The molecule has 5 heteroatoms. The predicted octanol–water partition coefficient (Wildman–Crippen LogP) is -0.428. The Morgan fingerprint density at radius 2 is 2.21 bits per heavy atom. The molecule has 0 aromatic carbocycles. The third-order valence-corrected chi connectivity index (χ3v) is 3.57. The van der Waals surface area contributed by atoms with Crippen LogP contribution >= 0.6 is 0 Å². The maximum Gasteiger partial charge on any atom is 0.148 e. The zero-order chi connectivity index (χ0) is 10.6. The molecule has 84 valence electrons. The van der Waals surface area contributed by atoms with Crippen LogP contribution in [0, 0.1) is 5.92 Å². The van der Waals surface area contributed by atoms with Gasteiger partial charge in [-0.05, 0) is 32.5 Å². The van der Waals surface area contributed by atoms with Gasteiger partial charge in [-0.25, -0.2) is 8.42 Å². The van der Waals surface area contributed by atoms with Gasteiger partial charge in [-0.2, -0.15) is 0 Å². The van der Waals surface area contributed by atoms with E-state index in [0.717, 1.165) is 19.6 Å². The van der Waals surface area contributed by atoms with Gasteiger partial charge in [-0.1, -0.05) is 0 Å². The fourth-order valence-corrected chi connectivity index (χ4v) is 2.46. The summed E-state index contributed by atoms with van der Waals surface area (Å²) < 4.78 is 21.9. The Labute approximate surface area is 86.6 Å². The van der Waals surface area contributed by atoms with Gasteiger partial charge in [0.05, 0.1) is 5.75 Å². The minimum absolute atomic E-state index is 0.291. The molecule has 1 N–H and O–H groups in total. The number of hydrogen-bond donors (Lipinski definition) is 1. The Morgan fingerprint density at radius 3 is 2.79 bits per heavy atom. The number of sulfone groups is 1. The minimum Gasteiger partial charge on any atom is -0.319 e. The van der Waals surface area contributed by atoms with Crippen molar-refractivity contribution in [3.63, 3.8) is 0 Å². The lowest BCUT2D eigenvalue weighted by molar-refractivity contribution is 0.341. The molecule has 4 nitrogen and oxygen atoms in total. The van der Waals surface area contributed by atoms with Crippen molar-refractivity contribution in [3.8, 4) is 0 Å². The van der Waals surface area contributed by atoms with Gasteiger partial charge in [0.25, 0.3) is 0 Å². The molecule has 1 aliphatic heterocycles. The fourth-order valence-electron chi connectivity index (χ4n) is 1.87. The van der Waals surface area contributed by atoms with E-state index in [1.807, 2.05) is 7.05 Å². The lowest BCUT2D eigenvalue weighted by Crippen LogP contribution is -2.28. The molecule has 0 spiro atoms. The molecule has 0 aromatic heterocycles. The highest BCUT2D eigenvalue weighted by Gasteiger charge is 2.21. The lowest BCUT2D eigenvalue weighted by Gasteiger charge is -2.14. The van der Waals surface area contributed by atoms with Crippen molar-refractivity contribution < 1.29 is 8.42 Å². The number of nitrogens with one attached hydrogen (secondary N) is 1. The monoisotopic (exact) mass is 220 g/mol. The van der Waals surface area contributed by atoms with Gasteiger partial charge < -0.3 is 10.2 Å². The molecule has 1 saturated heterocycles. The minimum atomic E-state index is -2.80. The van der Waals surface area contributed by atoms with Crippen LogP contribution < -0.4 is 5.32 Å². The van der Waals surface area contributed by atoms with Crippen LogP contribution in [-0.4, -0.2) is 58.6 Å². The third-order valence-electron chi connectivity index (χ3n) is 2.64. The first kappa shape index (κ1) is 11.9. The molecule has 0 saturated carbocycles. The van der Waals surface area contributed by atoms with Gasteiger partial charge >= 0.3 is 0 Å². The van der Waals surface area contributed by atoms with Gasteiger partial charge in [-0.3, -0.25) is 0 Å². The fraction of sp³-hybridized carbons (Fsp3) is 1.00. The van der Waals surface area contributed by atoms with Gasteiger partial charge in [0.1, 0.15) is 9.84 Å². The summed E-state index contributed by atoms with van der Waals surface area (Å²) >= 11 is 0. The molecule has 0 radical (unpaired) electrons. The van der Waals surface area contributed by atoms with E-state index in [9.17, 15) is 8.42 Å². The van der Waals surface area contributed by atoms with Gasteiger partial charge in [-0.15, -0.1) is 0 Å². The predicted molar refractivity (Wildman–Crippen MR) is 58.2 cm³/mol. The molecule has 1 atom stereocenters. The summed E-state index contributed by atoms with van der Waals surface area (Å²) in [7, 11) is -0.841. The maximum atomic E-state index is 11.0. The van der Waals surface area contributed by atoms with Crippen LogP contribution in [0.1, 0.15) is 6.42 Å². The van der Waals surface area contributed by atoms with Gasteiger partial charge in [0.15, 0.2) is 0 Å². The first-order valence-electron chi connectivity index (χ1n) is 5.06. The molecule has 14 heavy (non-hydrogen) atoms. The van der Waals surface area contributed by atoms with Crippen molar-refractivity contribution >= 4 is 9.84 Å². The van der Waals surface area contributed by atoms with E-state index in [2.05, 4.69) is 10.2 Å². The molecule has 0 amide bonds. The second-order valence-corrected chi connectivity index (χ2v) is 6.40. The van der Waals surface area contributed by atoms with Crippen LogP contribution in [0.5, 0.6) is 0 Å². The van der Waals surface area contributed by atoms with Crippen LogP contribution in [-0.2, 0) is 9.84 Å². The zero-order valence-corrected chi connectivity index (χ0v) is 9.81. The Balaban J connectivity index is 2.23. The molecule has 0 aliphatic carbocycles. The Kier molecular flexibility index (Phi) is 4.34. The van der Waals surface area contributed by atoms with Crippen molar-refractivity contribution in [2.24, 2.45) is 5.92 Å². The van der Waals surface area contributed by atoms with Crippen molar-refractivity contribution in [2.75, 3.05) is 45.2 Å². The quantitative estimate of drug-likeness (QED) is 0.683. The summed E-state index contributed by atoms with van der Waals surface area (Å²) in [4.78, 5) is 2.24. The van der Waals surface area contributed by atoms with E-state index in [0.29, 0.717) is 18.2 Å². The van der Waals surface area contributed by atoms with Crippen LogP contribution in [0.2, 0.25) is 0 Å². The topological polar surface area (TPSA) is 49.4 Å². The highest BCUT2D eigenvalue weighted by atomic mass is 32.2. The Bertz CT molecular complexity index is 264. The molecule has 1 rings (SSSR count). The molecular formula is C9H20N2O2S. The van der Waals surface area contributed by atoms with Crippen molar-refractivity contribution in [3.05, 3.63) is 0 Å². The number of nitrogens with zero attached hydrogens (tertiary/aromatic N) is 1. The highest BCUT2D eigenvalue weighted by Crippen LogP contribution is 2.14. The molecule has 1 fully saturated rings. The van der Waals surface area contributed by atoms with Crippen LogP contribution in [0.25, 0.3) is 0 Å². The van der Waals surface area contributed by atoms with E-state index >= 15 is 0 Å². The highest BCUT2D eigenvalue weighted by molar-refractivity contribution is 7.90. The van der Waals surface area contributed by atoms with Gasteiger partial charge in [0.2, 0.25) is 0 Å². The maximum absolute atomic E-state index is 11.0. The van der Waals surface area contributed by atoms with E-state index < -0.39 is 9.84 Å². The van der Waals surface area contributed by atoms with Gasteiger partial charge in [0, 0.05) is 19.3 Å². The standard InChI is InChI=1S/C9H20N2O2S/c1-10-7-9-3-4-11(8-9)5-6-14(2,12)13/h9-10H,3-8H2,1-2H3. The average Bonchev–Trinajstić information content (AvgIpc) is 2.49. The van der Waals surface area contributed by atoms with E-state index in [1.165, 1.54) is 12.7 Å². The molecular weight excluding hydrogens is 200 g/mol. The van der Waals surface area contributed by atoms with E-state index in [1.54, 1.807) is 0 Å². The van der Waals surface area contributed by atoms with Crippen LogP contribution in [0.3, 0.4) is 0 Å². The average molecular weight is 220 g/mol. The number of hydrogen-bond acceptors (Lipinski definition) is 4. The second-order valence-electron chi connectivity index (χ2n) is 4.14. The van der Waals surface area contributed by atoms with Crippen LogP contribution in [0.15, 0.2) is 0 Å². The largest absolute Gasteiger partial charge is 0.319 e. The first-order valence-corrected chi connectivity index (χ1v) is 7.12. The third kappa shape index (κ3) is 4.39. The summed E-state index contributed by atoms with van der Waals surface area (Å²) in [6, 6.07) is 0. The molecule has 1 aliphatic rings. The number of likely N-dealkylation sites (tertiary alicyclic amines) is 1. The molecule has 0 bridgehead atoms. The number of rotatable bonds is 5. The SMILES string of the molecule is CNCC1CCN(CCS(C)(=O)=O)C1. The second kappa shape index (κ2) is 5.09. The summed E-state index contributed by atoms with van der Waals surface area (Å²) in [5, 5.41) is 3.16. The van der Waals surface area contributed by atoms with Crippen molar-refractivity contribution in [1.82, 2.24) is 10.2 Å². The summed E-state index contributed by atoms with van der Waals surface area (Å²) in [6.45, 7) is 3.81. The summed E-state index contributed by atoms with van der Waals surface area (Å²) in [6.07, 6.45) is 2.48. The molecule has 0 aromatic rings.